The number of ether oxygens (including phenoxy) is 1. The lowest BCUT2D eigenvalue weighted by Crippen LogP contribution is -2.59. The number of nitrogens with zero attached hydrogens (tertiary/aromatic N) is 3. The molecule has 6 rings (SSSR count). The Kier molecular flexibility index (Phi) is 12.1. The van der Waals surface area contributed by atoms with Gasteiger partial charge in [0.2, 0.25) is 10.0 Å². The fourth-order valence-corrected chi connectivity index (χ4v) is 10.0. The van der Waals surface area contributed by atoms with Gasteiger partial charge in [-0.05, 0) is 111 Å². The van der Waals surface area contributed by atoms with Crippen LogP contribution in [0.5, 0.6) is 5.75 Å². The normalized spacial score (nSPS) is 29.8. The lowest BCUT2D eigenvalue weighted by molar-refractivity contribution is -0.152. The van der Waals surface area contributed by atoms with Crippen molar-refractivity contribution in [2.75, 3.05) is 57.3 Å². The van der Waals surface area contributed by atoms with E-state index in [1.807, 2.05) is 25.1 Å². The molecule has 14 heteroatoms. The van der Waals surface area contributed by atoms with Crippen molar-refractivity contribution in [1.82, 2.24) is 14.5 Å². The van der Waals surface area contributed by atoms with Crippen molar-refractivity contribution in [1.29, 1.82) is 0 Å². The molecular weight excluding hydrogens is 717 g/mol. The minimum atomic E-state index is -4.25. The molecule has 1 saturated heterocycles. The van der Waals surface area contributed by atoms with Gasteiger partial charge in [0, 0.05) is 56.4 Å². The fourth-order valence-electron chi connectivity index (χ4n) is 8.54. The van der Waals surface area contributed by atoms with Crippen molar-refractivity contribution < 1.29 is 36.2 Å². The van der Waals surface area contributed by atoms with Gasteiger partial charge in [0.05, 0.1) is 23.1 Å². The fraction of sp³-hybridized carbons (Fsp3) is 0.658. The van der Waals surface area contributed by atoms with Crippen LogP contribution in [0.15, 0.2) is 36.4 Å². The lowest BCUT2D eigenvalue weighted by atomic mass is 9.62. The molecule has 288 valence electrons. The molecule has 52 heavy (non-hydrogen) atoms. The molecule has 2 fully saturated rings. The number of carbonyl (C=O) groups is 1. The second-order valence-corrected chi connectivity index (χ2v) is 18.0. The Morgan fingerprint density at radius 1 is 0.962 bits per heavy atom. The zero-order valence-electron chi connectivity index (χ0n) is 30.1. The van der Waals surface area contributed by atoms with Crippen molar-refractivity contribution in [3.05, 3.63) is 58.1 Å². The summed E-state index contributed by atoms with van der Waals surface area (Å²) < 4.78 is 75.0. The number of hydrogen-bond acceptors (Lipinski definition) is 8. The quantitative estimate of drug-likeness (QED) is 0.377. The van der Waals surface area contributed by atoms with Crippen molar-refractivity contribution in [3.8, 4) is 5.75 Å². The number of hydrogen-bond donors (Lipinski definition) is 2. The van der Waals surface area contributed by atoms with Gasteiger partial charge in [-0.15, -0.1) is 0 Å². The van der Waals surface area contributed by atoms with E-state index in [9.17, 15) is 31.5 Å². The summed E-state index contributed by atoms with van der Waals surface area (Å²) >= 11 is 6.35. The molecule has 2 aromatic carbocycles. The van der Waals surface area contributed by atoms with Gasteiger partial charge >= 0.3 is 6.18 Å². The van der Waals surface area contributed by atoms with Crippen LogP contribution in [0.3, 0.4) is 0 Å². The second kappa shape index (κ2) is 16.0. The molecule has 1 saturated carbocycles. The van der Waals surface area contributed by atoms with E-state index in [0.29, 0.717) is 75.1 Å². The number of aryl methyl sites for hydroxylation is 1. The highest BCUT2D eigenvalue weighted by Crippen LogP contribution is 2.46. The van der Waals surface area contributed by atoms with Gasteiger partial charge in [-0.3, -0.25) is 14.6 Å². The number of nitrogens with one attached hydrogen (secondary N) is 1. The Balaban J connectivity index is 1.32. The number of benzene rings is 2. The molecular formula is C38H52ClF3N4O5S. The number of fused-ring (bicyclic) bond motifs is 3. The number of alkyl halides is 3. The van der Waals surface area contributed by atoms with Crippen LogP contribution in [0.4, 0.5) is 18.9 Å². The van der Waals surface area contributed by atoms with Gasteiger partial charge in [-0.2, -0.15) is 13.2 Å². The van der Waals surface area contributed by atoms with E-state index in [-0.39, 0.29) is 36.4 Å². The smallest absolute Gasteiger partial charge is 0.401 e. The SMILES string of the molecule is C[C@@H]1[C@@H](C)CCC[C@@](O)(CN2CCN(CC(F)(F)F)CC2)[C@@H]2CC[C@H]2CN2CCCCc3cc(Cl)ccc3COc3ccc(cc32)C(=O)NS1(=O)=O. The molecule has 0 radical (unpaired) electrons. The molecule has 3 aliphatic heterocycles. The first-order valence-corrected chi connectivity index (χ1v) is 20.6. The molecule has 0 spiro atoms. The summed E-state index contributed by atoms with van der Waals surface area (Å²) in [5, 5.41) is 12.4. The molecule has 2 aromatic rings. The van der Waals surface area contributed by atoms with Gasteiger partial charge in [-0.1, -0.05) is 31.0 Å². The summed E-state index contributed by atoms with van der Waals surface area (Å²) in [6.07, 6.45) is 1.61. The Labute approximate surface area is 310 Å². The predicted octanol–water partition coefficient (Wildman–Crippen LogP) is 6.27. The summed E-state index contributed by atoms with van der Waals surface area (Å²) in [6.45, 7) is 5.89. The minimum absolute atomic E-state index is 0.0505. The molecule has 0 aromatic heterocycles. The summed E-state index contributed by atoms with van der Waals surface area (Å²) in [5.41, 5.74) is 1.97. The Morgan fingerprint density at radius 2 is 1.71 bits per heavy atom. The number of halogens is 4. The number of β-amino-alcohol motifs (C(OH)–C–C–N with tert-alkyl or cyclic N) is 1. The average molecular weight is 769 g/mol. The molecule has 5 atom stereocenters. The van der Waals surface area contributed by atoms with E-state index in [2.05, 4.69) is 14.5 Å². The number of anilines is 1. The van der Waals surface area contributed by atoms with Crippen molar-refractivity contribution in [2.24, 2.45) is 17.8 Å². The summed E-state index contributed by atoms with van der Waals surface area (Å²) in [6, 6.07) is 10.9. The van der Waals surface area contributed by atoms with E-state index in [0.717, 1.165) is 43.2 Å². The first-order chi connectivity index (χ1) is 24.6. The van der Waals surface area contributed by atoms with Gasteiger partial charge in [0.25, 0.3) is 5.91 Å². The molecule has 0 unspecified atom stereocenters. The Bertz CT molecular complexity index is 1690. The molecule has 2 N–H and O–H groups in total. The van der Waals surface area contributed by atoms with Crippen molar-refractivity contribution in [3.63, 3.8) is 0 Å². The zero-order valence-corrected chi connectivity index (χ0v) is 31.7. The number of aliphatic hydroxyl groups is 1. The summed E-state index contributed by atoms with van der Waals surface area (Å²) in [7, 11) is -4.02. The van der Waals surface area contributed by atoms with Gasteiger partial charge in [0.15, 0.2) is 0 Å². The van der Waals surface area contributed by atoms with Gasteiger partial charge in [-0.25, -0.2) is 13.1 Å². The third kappa shape index (κ3) is 9.37. The average Bonchev–Trinajstić information content (AvgIpc) is 3.09. The van der Waals surface area contributed by atoms with Crippen LogP contribution in [0.2, 0.25) is 5.02 Å². The van der Waals surface area contributed by atoms with Crippen molar-refractivity contribution >= 4 is 33.2 Å². The first-order valence-electron chi connectivity index (χ1n) is 18.7. The number of carbonyl (C=O) groups excluding carboxylic acids is 1. The highest BCUT2D eigenvalue weighted by atomic mass is 35.5. The maximum Gasteiger partial charge on any atom is 0.401 e. The number of sulfonamides is 1. The van der Waals surface area contributed by atoms with Gasteiger partial charge < -0.3 is 14.7 Å². The lowest BCUT2D eigenvalue weighted by Gasteiger charge is -2.51. The molecule has 1 amide bonds. The number of piperazine rings is 1. The van der Waals surface area contributed by atoms with Crippen LogP contribution >= 0.6 is 11.6 Å². The van der Waals surface area contributed by atoms with E-state index >= 15 is 0 Å². The zero-order chi connectivity index (χ0) is 37.3. The van der Waals surface area contributed by atoms with Gasteiger partial charge in [0.1, 0.15) is 12.4 Å². The standard InChI is InChI=1S/C38H52ClF3N4O5S/c1-26-6-5-14-37(48,24-44-16-18-45(19-17-44)25-38(40,41)42)33-12-9-30(33)22-46-15-4-3-7-28-20-32(39)11-8-31(28)23-51-35-13-10-29(21-34(35)46)36(47)43-52(49,50)27(26)2/h8,10-11,13,20-21,26-27,30,33,48H,3-7,9,12,14-19,22-25H2,1-2H3,(H,43,47)/t26-,27+,30-,33+,37+/m0/s1. The number of amides is 1. The maximum absolute atomic E-state index is 13.5. The van der Waals surface area contributed by atoms with Crippen molar-refractivity contribution in [2.45, 2.75) is 88.8 Å². The molecule has 9 nitrogen and oxygen atoms in total. The van der Waals surface area contributed by atoms with Crippen LogP contribution in [-0.2, 0) is 23.1 Å². The third-order valence-electron chi connectivity index (χ3n) is 12.0. The van der Waals surface area contributed by atoms with Crippen LogP contribution in [-0.4, -0.2) is 98.6 Å². The third-order valence-corrected chi connectivity index (χ3v) is 14.1. The molecule has 2 bridgehead atoms. The summed E-state index contributed by atoms with van der Waals surface area (Å²) in [5.74, 6) is -0.319. The molecule has 4 aliphatic rings. The Hall–Kier alpha value is -2.58. The van der Waals surface area contributed by atoms with Crippen LogP contribution in [0.25, 0.3) is 0 Å². The molecule has 3 heterocycles. The maximum atomic E-state index is 13.5. The minimum Gasteiger partial charge on any atom is -0.487 e. The molecule has 1 aliphatic carbocycles. The second-order valence-electron chi connectivity index (χ2n) is 15.6. The first kappa shape index (κ1) is 39.1. The highest BCUT2D eigenvalue weighted by molar-refractivity contribution is 7.90. The highest BCUT2D eigenvalue weighted by Gasteiger charge is 2.48. The topological polar surface area (TPSA) is 102 Å². The van der Waals surface area contributed by atoms with E-state index < -0.39 is 39.5 Å². The monoisotopic (exact) mass is 768 g/mol. The Morgan fingerprint density at radius 3 is 2.42 bits per heavy atom. The van der Waals surface area contributed by atoms with Crippen LogP contribution in [0.1, 0.15) is 80.3 Å². The van der Waals surface area contributed by atoms with E-state index in [1.54, 1.807) is 25.1 Å². The summed E-state index contributed by atoms with van der Waals surface area (Å²) in [4.78, 5) is 19.3. The van der Waals surface area contributed by atoms with Crippen LogP contribution in [0, 0.1) is 17.8 Å². The number of rotatable bonds is 3. The van der Waals surface area contributed by atoms with E-state index in [1.165, 1.54) is 4.90 Å². The van der Waals surface area contributed by atoms with E-state index in [4.69, 9.17) is 16.3 Å². The largest absolute Gasteiger partial charge is 0.487 e. The predicted molar refractivity (Wildman–Crippen MR) is 196 cm³/mol. The van der Waals surface area contributed by atoms with Crippen LogP contribution < -0.4 is 14.4 Å².